The molecule has 2 aliphatic heterocycles. The minimum Gasteiger partial charge on any atom is -0.342 e. The fourth-order valence-corrected chi connectivity index (χ4v) is 4.06. The van der Waals surface area contributed by atoms with Crippen molar-refractivity contribution >= 4 is 16.1 Å². The molecule has 0 aliphatic carbocycles. The average molecular weight is 326 g/mol. The minimum atomic E-state index is -3.74. The molecule has 0 bridgehead atoms. The molecule has 1 aromatic rings. The molecule has 3 heterocycles. The fourth-order valence-electron chi connectivity index (χ4n) is 3.35. The quantitative estimate of drug-likeness (QED) is 0.802. The van der Waals surface area contributed by atoms with Crippen LogP contribution in [0.15, 0.2) is 12.3 Å². The zero-order valence-corrected chi connectivity index (χ0v) is 13.5. The molecule has 0 radical (unpaired) electrons. The average Bonchev–Trinajstić information content (AvgIpc) is 2.78. The predicted molar refractivity (Wildman–Crippen MR) is 82.6 cm³/mol. The number of nitrogens with zero attached hydrogens (tertiary/aromatic N) is 2. The van der Waals surface area contributed by atoms with Crippen molar-refractivity contribution in [2.45, 2.75) is 25.7 Å². The molecular weight excluding hydrogens is 304 g/mol. The highest BCUT2D eigenvalue weighted by Crippen LogP contribution is 2.31. The van der Waals surface area contributed by atoms with Crippen LogP contribution < -0.4 is 10.5 Å². The molecule has 22 heavy (non-hydrogen) atoms. The van der Waals surface area contributed by atoms with Crippen LogP contribution in [-0.4, -0.2) is 49.4 Å². The zero-order valence-electron chi connectivity index (χ0n) is 12.7. The Bertz CT molecular complexity index is 670. The van der Waals surface area contributed by atoms with Crippen molar-refractivity contribution in [3.05, 3.63) is 23.5 Å². The minimum absolute atomic E-state index is 0.141. The summed E-state index contributed by atoms with van der Waals surface area (Å²) in [7, 11) is -3.74. The van der Waals surface area contributed by atoms with E-state index >= 15 is 0 Å². The lowest BCUT2D eigenvalue weighted by molar-refractivity contribution is -0.138. The highest BCUT2D eigenvalue weighted by atomic mass is 32.2. The maximum atomic E-state index is 12.2. The van der Waals surface area contributed by atoms with E-state index in [1.165, 1.54) is 6.20 Å². The maximum Gasteiger partial charge on any atom is 0.302 e. The summed E-state index contributed by atoms with van der Waals surface area (Å²) in [6.45, 7) is 4.82. The Morgan fingerprint density at radius 2 is 1.95 bits per heavy atom. The second kappa shape index (κ2) is 5.68. The highest BCUT2D eigenvalue weighted by Gasteiger charge is 2.32. The van der Waals surface area contributed by atoms with Crippen molar-refractivity contribution in [1.82, 2.24) is 14.2 Å². The number of carbonyl (C=O) groups excluding carboxylic acids is 1. The van der Waals surface area contributed by atoms with Gasteiger partial charge in [-0.05, 0) is 37.3 Å². The second-order valence-electron chi connectivity index (χ2n) is 6.15. The van der Waals surface area contributed by atoms with Crippen LogP contribution in [0.5, 0.6) is 0 Å². The lowest BCUT2D eigenvalue weighted by atomic mass is 9.88. The molecule has 0 atom stereocenters. The van der Waals surface area contributed by atoms with Gasteiger partial charge in [-0.3, -0.25) is 4.79 Å². The molecule has 8 heteroatoms. The summed E-state index contributed by atoms with van der Waals surface area (Å²) in [5, 5.41) is 8.31. The van der Waals surface area contributed by atoms with Crippen molar-refractivity contribution in [3.8, 4) is 0 Å². The standard InChI is InChI=1S/C14H22N4O3S/c1-10-13(4-7-18(10)22(15,20)21)11-2-5-17(6-3-11)14(19)12-8-16-9-12/h4,7,11-12,16H,2-3,5-6,8-9H2,1H3,(H2,15,20,21). The Morgan fingerprint density at radius 3 is 2.41 bits per heavy atom. The molecule has 0 aromatic carbocycles. The van der Waals surface area contributed by atoms with Gasteiger partial charge in [-0.2, -0.15) is 8.42 Å². The summed E-state index contributed by atoms with van der Waals surface area (Å²) in [5.74, 6) is 0.671. The van der Waals surface area contributed by atoms with Crippen LogP contribution in [0.4, 0.5) is 0 Å². The number of hydrogen-bond donors (Lipinski definition) is 2. The van der Waals surface area contributed by atoms with Crippen LogP contribution in [0.25, 0.3) is 0 Å². The molecule has 3 rings (SSSR count). The first-order chi connectivity index (χ1) is 10.4. The maximum absolute atomic E-state index is 12.2. The number of likely N-dealkylation sites (tertiary alicyclic amines) is 1. The Balaban J connectivity index is 1.66. The van der Waals surface area contributed by atoms with Gasteiger partial charge in [0.2, 0.25) is 5.91 Å². The summed E-state index contributed by atoms with van der Waals surface area (Å²) >= 11 is 0. The first-order valence-electron chi connectivity index (χ1n) is 7.58. The van der Waals surface area contributed by atoms with E-state index < -0.39 is 10.2 Å². The van der Waals surface area contributed by atoms with Gasteiger partial charge in [0.05, 0.1) is 5.92 Å². The SMILES string of the molecule is Cc1c(C2CCN(C(=O)C3CNC3)CC2)ccn1S(N)(=O)=O. The van der Waals surface area contributed by atoms with Gasteiger partial charge in [-0.25, -0.2) is 9.11 Å². The smallest absolute Gasteiger partial charge is 0.302 e. The zero-order chi connectivity index (χ0) is 15.9. The molecular formula is C14H22N4O3S. The first kappa shape index (κ1) is 15.5. The van der Waals surface area contributed by atoms with Gasteiger partial charge in [0.15, 0.2) is 0 Å². The second-order valence-corrected chi connectivity index (χ2v) is 7.58. The number of hydrogen-bond acceptors (Lipinski definition) is 4. The number of piperidine rings is 1. The molecule has 1 aromatic heterocycles. The first-order valence-corrected chi connectivity index (χ1v) is 9.09. The van der Waals surface area contributed by atoms with Crippen LogP contribution in [0, 0.1) is 12.8 Å². The van der Waals surface area contributed by atoms with Crippen molar-refractivity contribution < 1.29 is 13.2 Å². The molecule has 122 valence electrons. The number of aromatic nitrogens is 1. The fraction of sp³-hybridized carbons (Fsp3) is 0.643. The van der Waals surface area contributed by atoms with E-state index in [0.717, 1.165) is 48.6 Å². The van der Waals surface area contributed by atoms with Crippen molar-refractivity contribution in [2.24, 2.45) is 11.1 Å². The van der Waals surface area contributed by atoms with Gasteiger partial charge >= 0.3 is 10.2 Å². The monoisotopic (exact) mass is 326 g/mol. The van der Waals surface area contributed by atoms with Gasteiger partial charge in [0.1, 0.15) is 0 Å². The molecule has 7 nitrogen and oxygen atoms in total. The molecule has 2 fully saturated rings. The van der Waals surface area contributed by atoms with Crippen LogP contribution in [-0.2, 0) is 15.0 Å². The number of carbonyl (C=O) groups is 1. The van der Waals surface area contributed by atoms with E-state index in [0.29, 0.717) is 5.69 Å². The van der Waals surface area contributed by atoms with E-state index in [2.05, 4.69) is 5.32 Å². The lowest BCUT2D eigenvalue weighted by Crippen LogP contribution is -2.53. The number of nitrogens with one attached hydrogen (secondary N) is 1. The van der Waals surface area contributed by atoms with Gasteiger partial charge in [-0.15, -0.1) is 0 Å². The van der Waals surface area contributed by atoms with Crippen LogP contribution in [0.2, 0.25) is 0 Å². The number of rotatable bonds is 3. The van der Waals surface area contributed by atoms with E-state index in [9.17, 15) is 13.2 Å². The van der Waals surface area contributed by atoms with E-state index in [1.807, 2.05) is 11.0 Å². The van der Waals surface area contributed by atoms with Gasteiger partial charge in [0, 0.05) is 38.1 Å². The van der Waals surface area contributed by atoms with Gasteiger partial charge in [-0.1, -0.05) is 0 Å². The molecule has 0 spiro atoms. The van der Waals surface area contributed by atoms with E-state index in [1.54, 1.807) is 6.92 Å². The Kier molecular flexibility index (Phi) is 4.00. The molecule has 1 amide bonds. The molecule has 2 aliphatic rings. The van der Waals surface area contributed by atoms with Gasteiger partial charge < -0.3 is 10.2 Å². The highest BCUT2D eigenvalue weighted by molar-refractivity contribution is 7.87. The van der Waals surface area contributed by atoms with Crippen LogP contribution in [0.3, 0.4) is 0 Å². The molecule has 0 unspecified atom stereocenters. The van der Waals surface area contributed by atoms with Crippen molar-refractivity contribution in [2.75, 3.05) is 26.2 Å². The van der Waals surface area contributed by atoms with Crippen LogP contribution in [0.1, 0.15) is 30.0 Å². The molecule has 0 saturated carbocycles. The third-order valence-corrected chi connectivity index (χ3v) is 5.73. The van der Waals surface area contributed by atoms with E-state index in [-0.39, 0.29) is 17.7 Å². The largest absolute Gasteiger partial charge is 0.342 e. The molecule has 3 N–H and O–H groups in total. The number of nitrogens with two attached hydrogens (primary N) is 1. The van der Waals surface area contributed by atoms with Gasteiger partial charge in [0.25, 0.3) is 0 Å². The summed E-state index contributed by atoms with van der Waals surface area (Å²) in [4.78, 5) is 14.2. The van der Waals surface area contributed by atoms with E-state index in [4.69, 9.17) is 5.14 Å². The summed E-state index contributed by atoms with van der Waals surface area (Å²) in [6.07, 6.45) is 3.24. The lowest BCUT2D eigenvalue weighted by Gasteiger charge is -2.37. The predicted octanol–water partition coefficient (Wildman–Crippen LogP) is -0.226. The summed E-state index contributed by atoms with van der Waals surface area (Å²) in [6, 6.07) is 1.83. The Hall–Kier alpha value is -1.38. The third kappa shape index (κ3) is 2.78. The Labute approximate surface area is 130 Å². The van der Waals surface area contributed by atoms with Crippen LogP contribution >= 0.6 is 0 Å². The number of amides is 1. The Morgan fingerprint density at radius 1 is 1.32 bits per heavy atom. The third-order valence-electron chi connectivity index (χ3n) is 4.79. The van der Waals surface area contributed by atoms with Crippen molar-refractivity contribution in [1.29, 1.82) is 0 Å². The topological polar surface area (TPSA) is 97.4 Å². The summed E-state index contributed by atoms with van der Waals surface area (Å²) in [5.41, 5.74) is 1.70. The molecule has 2 saturated heterocycles. The van der Waals surface area contributed by atoms with Crippen molar-refractivity contribution in [3.63, 3.8) is 0 Å². The summed E-state index contributed by atoms with van der Waals surface area (Å²) < 4.78 is 24.1. The normalized spacial score (nSPS) is 20.9.